The van der Waals surface area contributed by atoms with Gasteiger partial charge in [-0.2, -0.15) is 0 Å². The summed E-state index contributed by atoms with van der Waals surface area (Å²) in [7, 11) is 1.63. The first kappa shape index (κ1) is 14.6. The van der Waals surface area contributed by atoms with Gasteiger partial charge in [-0.15, -0.1) is 0 Å². The second-order valence-corrected chi connectivity index (χ2v) is 5.29. The number of hydrogen-bond acceptors (Lipinski definition) is 2. The maximum atomic E-state index is 5.71. The Morgan fingerprint density at radius 1 is 1.00 bits per heavy atom. The fourth-order valence-corrected chi connectivity index (χ4v) is 2.35. The molecule has 0 saturated heterocycles. The summed E-state index contributed by atoms with van der Waals surface area (Å²) in [5.41, 5.74) is 4.92. The maximum Gasteiger partial charge on any atom is 0.188 e. The minimum absolute atomic E-state index is 0.264. The minimum atomic E-state index is 0.264. The zero-order valence-corrected chi connectivity index (χ0v) is 12.6. The van der Waals surface area contributed by atoms with Crippen LogP contribution in [0.2, 0.25) is 0 Å². The van der Waals surface area contributed by atoms with Crippen molar-refractivity contribution in [3.8, 4) is 16.9 Å². The lowest BCUT2D eigenvalue weighted by atomic mass is 9.91. The molecule has 0 heterocycles. The van der Waals surface area contributed by atoms with Crippen molar-refractivity contribution < 1.29 is 9.47 Å². The molecule has 0 atom stereocenters. The third kappa shape index (κ3) is 3.20. The highest BCUT2D eigenvalue weighted by molar-refractivity contribution is 5.74. The Morgan fingerprint density at radius 2 is 1.75 bits per heavy atom. The lowest BCUT2D eigenvalue weighted by Crippen LogP contribution is -2.01. The molecule has 2 rings (SSSR count). The molecule has 0 bridgehead atoms. The monoisotopic (exact) mass is 270 g/mol. The van der Waals surface area contributed by atoms with Gasteiger partial charge in [-0.25, -0.2) is 0 Å². The van der Waals surface area contributed by atoms with Crippen molar-refractivity contribution >= 4 is 0 Å². The Morgan fingerprint density at radius 3 is 2.45 bits per heavy atom. The topological polar surface area (TPSA) is 18.5 Å². The second-order valence-electron chi connectivity index (χ2n) is 5.29. The molecule has 0 saturated carbocycles. The third-order valence-corrected chi connectivity index (χ3v) is 3.34. The van der Waals surface area contributed by atoms with E-state index in [1.54, 1.807) is 7.11 Å². The molecular formula is C18H22O2. The van der Waals surface area contributed by atoms with E-state index in [1.807, 2.05) is 6.07 Å². The van der Waals surface area contributed by atoms with Crippen molar-refractivity contribution in [2.24, 2.45) is 0 Å². The van der Waals surface area contributed by atoms with Gasteiger partial charge in [0, 0.05) is 12.7 Å². The number of hydrogen-bond donors (Lipinski definition) is 0. The van der Waals surface area contributed by atoms with Crippen molar-refractivity contribution in [1.82, 2.24) is 0 Å². The van der Waals surface area contributed by atoms with Crippen LogP contribution in [0.1, 0.15) is 30.9 Å². The predicted molar refractivity (Wildman–Crippen MR) is 83.2 cm³/mol. The number of benzene rings is 2. The number of rotatable bonds is 5. The zero-order valence-electron chi connectivity index (χ0n) is 12.6. The van der Waals surface area contributed by atoms with Crippen LogP contribution in [0.3, 0.4) is 0 Å². The Labute approximate surface area is 121 Å². The molecule has 0 aliphatic rings. The number of methoxy groups -OCH3 is 1. The molecule has 2 nitrogen and oxygen atoms in total. The largest absolute Gasteiger partial charge is 0.467 e. The second kappa shape index (κ2) is 6.58. The summed E-state index contributed by atoms with van der Waals surface area (Å²) in [5, 5.41) is 0. The van der Waals surface area contributed by atoms with E-state index in [2.05, 4.69) is 57.2 Å². The molecule has 106 valence electrons. The van der Waals surface area contributed by atoms with Gasteiger partial charge in [0.1, 0.15) is 5.75 Å². The normalized spacial score (nSPS) is 10.8. The van der Waals surface area contributed by atoms with Gasteiger partial charge in [0.15, 0.2) is 6.79 Å². The maximum absolute atomic E-state index is 5.71. The lowest BCUT2D eigenvalue weighted by molar-refractivity contribution is 0.0515. The van der Waals surface area contributed by atoms with E-state index in [1.165, 1.54) is 16.7 Å². The molecule has 2 aromatic carbocycles. The van der Waals surface area contributed by atoms with E-state index in [0.717, 1.165) is 11.3 Å². The predicted octanol–water partition coefficient (Wildman–Crippen LogP) is 4.77. The number of aryl methyl sites for hydroxylation is 1. The molecule has 0 unspecified atom stereocenters. The summed E-state index contributed by atoms with van der Waals surface area (Å²) < 4.78 is 10.7. The summed E-state index contributed by atoms with van der Waals surface area (Å²) in [6.45, 7) is 6.79. The lowest BCUT2D eigenvalue weighted by Gasteiger charge is -2.17. The molecule has 0 fully saturated rings. The van der Waals surface area contributed by atoms with E-state index in [9.17, 15) is 0 Å². The van der Waals surface area contributed by atoms with E-state index < -0.39 is 0 Å². The standard InChI is InChI=1S/C18H22O2/c1-13(2)15-7-5-6-8-16(15)17-11-14(3)9-10-18(17)20-12-19-4/h5-11,13H,12H2,1-4H3. The summed E-state index contributed by atoms with van der Waals surface area (Å²) >= 11 is 0. The van der Waals surface area contributed by atoms with Crippen LogP contribution < -0.4 is 4.74 Å². The van der Waals surface area contributed by atoms with E-state index in [0.29, 0.717) is 5.92 Å². The molecule has 0 spiro atoms. The van der Waals surface area contributed by atoms with Crippen LogP contribution in [-0.4, -0.2) is 13.9 Å². The van der Waals surface area contributed by atoms with Gasteiger partial charge in [0.25, 0.3) is 0 Å². The zero-order chi connectivity index (χ0) is 14.5. The highest BCUT2D eigenvalue weighted by Crippen LogP contribution is 2.36. The van der Waals surface area contributed by atoms with Crippen LogP contribution in [0.5, 0.6) is 5.75 Å². The molecule has 0 N–H and O–H groups in total. The Bertz CT molecular complexity index is 573. The first-order valence-electron chi connectivity index (χ1n) is 6.95. The molecule has 0 aromatic heterocycles. The van der Waals surface area contributed by atoms with Crippen LogP contribution in [0.4, 0.5) is 0 Å². The van der Waals surface area contributed by atoms with Gasteiger partial charge in [-0.3, -0.25) is 0 Å². The minimum Gasteiger partial charge on any atom is -0.467 e. The molecular weight excluding hydrogens is 248 g/mol. The SMILES string of the molecule is COCOc1ccc(C)cc1-c1ccccc1C(C)C. The van der Waals surface area contributed by atoms with Gasteiger partial charge in [0.2, 0.25) is 0 Å². The summed E-state index contributed by atoms with van der Waals surface area (Å²) in [4.78, 5) is 0. The summed E-state index contributed by atoms with van der Waals surface area (Å²) in [6, 6.07) is 14.7. The van der Waals surface area contributed by atoms with E-state index in [4.69, 9.17) is 9.47 Å². The molecule has 2 heteroatoms. The van der Waals surface area contributed by atoms with Crippen LogP contribution in [0.15, 0.2) is 42.5 Å². The van der Waals surface area contributed by atoms with Crippen molar-refractivity contribution in [2.45, 2.75) is 26.7 Å². The highest BCUT2D eigenvalue weighted by atomic mass is 16.7. The molecule has 0 radical (unpaired) electrons. The molecule has 20 heavy (non-hydrogen) atoms. The molecule has 0 aliphatic carbocycles. The van der Waals surface area contributed by atoms with Gasteiger partial charge >= 0.3 is 0 Å². The quantitative estimate of drug-likeness (QED) is 0.729. The smallest absolute Gasteiger partial charge is 0.188 e. The highest BCUT2D eigenvalue weighted by Gasteiger charge is 2.12. The Balaban J connectivity index is 2.53. The summed E-state index contributed by atoms with van der Waals surface area (Å²) in [6.07, 6.45) is 0. The van der Waals surface area contributed by atoms with Crippen molar-refractivity contribution in [3.63, 3.8) is 0 Å². The first-order valence-corrected chi connectivity index (χ1v) is 6.95. The summed E-state index contributed by atoms with van der Waals surface area (Å²) in [5.74, 6) is 1.34. The van der Waals surface area contributed by atoms with Crippen LogP contribution in [-0.2, 0) is 4.74 Å². The fourth-order valence-electron chi connectivity index (χ4n) is 2.35. The average molecular weight is 270 g/mol. The Kier molecular flexibility index (Phi) is 4.80. The van der Waals surface area contributed by atoms with Crippen molar-refractivity contribution in [1.29, 1.82) is 0 Å². The first-order chi connectivity index (χ1) is 9.63. The molecule has 0 aliphatic heterocycles. The molecule has 2 aromatic rings. The Hall–Kier alpha value is -1.80. The van der Waals surface area contributed by atoms with Gasteiger partial charge in [-0.05, 0) is 36.1 Å². The van der Waals surface area contributed by atoms with Gasteiger partial charge in [-0.1, -0.05) is 49.7 Å². The van der Waals surface area contributed by atoms with Crippen LogP contribution in [0.25, 0.3) is 11.1 Å². The van der Waals surface area contributed by atoms with Gasteiger partial charge in [0.05, 0.1) is 0 Å². The van der Waals surface area contributed by atoms with Crippen molar-refractivity contribution in [3.05, 3.63) is 53.6 Å². The average Bonchev–Trinajstić information content (AvgIpc) is 2.46. The van der Waals surface area contributed by atoms with Crippen molar-refractivity contribution in [2.75, 3.05) is 13.9 Å². The van der Waals surface area contributed by atoms with Gasteiger partial charge < -0.3 is 9.47 Å². The molecule has 0 amide bonds. The fraction of sp³-hybridized carbons (Fsp3) is 0.333. The van der Waals surface area contributed by atoms with E-state index >= 15 is 0 Å². The van der Waals surface area contributed by atoms with Crippen LogP contribution >= 0.6 is 0 Å². The third-order valence-electron chi connectivity index (χ3n) is 3.34. The van der Waals surface area contributed by atoms with Crippen LogP contribution in [0, 0.1) is 6.92 Å². The number of ether oxygens (including phenoxy) is 2. The van der Waals surface area contributed by atoms with E-state index in [-0.39, 0.29) is 6.79 Å².